The molecule has 0 radical (unpaired) electrons. The molecule has 4 nitrogen and oxygen atoms in total. The van der Waals surface area contributed by atoms with Gasteiger partial charge in [0, 0.05) is 30.7 Å². The van der Waals surface area contributed by atoms with Gasteiger partial charge in [-0.25, -0.2) is 0 Å². The number of hydrogen-bond donors (Lipinski definition) is 3. The molecule has 3 N–H and O–H groups in total. The Labute approximate surface area is 140 Å². The topological polar surface area (TPSA) is 39.3 Å². The standard InChI is InChI=1S/C16H20N4S2/c1-17-14-12-8-9-20(2)10-13(12)22-15(14)19-16(21)18-11-6-4-3-5-7-11/h3-7,17H,8-10H2,1-2H3,(H2,18,19,21). The number of nitrogens with one attached hydrogen (secondary N) is 3. The maximum atomic E-state index is 5.44. The fourth-order valence-corrected chi connectivity index (χ4v) is 4.29. The lowest BCUT2D eigenvalue weighted by atomic mass is 10.1. The molecule has 0 fully saturated rings. The molecule has 1 aromatic carbocycles. The van der Waals surface area contributed by atoms with Crippen LogP contribution >= 0.6 is 23.6 Å². The molecule has 22 heavy (non-hydrogen) atoms. The minimum atomic E-state index is 0.620. The van der Waals surface area contributed by atoms with Crippen LogP contribution in [0.3, 0.4) is 0 Å². The van der Waals surface area contributed by atoms with E-state index in [0.717, 1.165) is 30.2 Å². The third-order valence-electron chi connectivity index (χ3n) is 3.76. The van der Waals surface area contributed by atoms with Crippen molar-refractivity contribution in [1.29, 1.82) is 0 Å². The Morgan fingerprint density at radius 2 is 2.00 bits per heavy atom. The Balaban J connectivity index is 1.76. The molecule has 0 spiro atoms. The molecule has 0 saturated carbocycles. The van der Waals surface area contributed by atoms with E-state index in [1.165, 1.54) is 16.1 Å². The number of rotatable bonds is 3. The maximum Gasteiger partial charge on any atom is 0.175 e. The summed E-state index contributed by atoms with van der Waals surface area (Å²) < 4.78 is 0. The second kappa shape index (κ2) is 6.64. The molecular formula is C16H20N4S2. The van der Waals surface area contributed by atoms with Crippen molar-refractivity contribution in [2.75, 3.05) is 36.6 Å². The predicted molar refractivity (Wildman–Crippen MR) is 100 cm³/mol. The van der Waals surface area contributed by atoms with E-state index in [2.05, 4.69) is 27.9 Å². The second-order valence-corrected chi connectivity index (χ2v) is 6.90. The lowest BCUT2D eigenvalue weighted by molar-refractivity contribution is 0.317. The number of fused-ring (bicyclic) bond motifs is 1. The molecule has 0 atom stereocenters. The number of nitrogens with zero attached hydrogens (tertiary/aromatic N) is 1. The molecule has 0 unspecified atom stereocenters. The first-order valence-electron chi connectivity index (χ1n) is 7.31. The highest BCUT2D eigenvalue weighted by Gasteiger charge is 2.22. The van der Waals surface area contributed by atoms with Gasteiger partial charge in [-0.2, -0.15) is 0 Å². The summed E-state index contributed by atoms with van der Waals surface area (Å²) in [4.78, 5) is 3.77. The van der Waals surface area contributed by atoms with Gasteiger partial charge in [-0.05, 0) is 43.4 Å². The van der Waals surface area contributed by atoms with E-state index in [-0.39, 0.29) is 0 Å². The first-order chi connectivity index (χ1) is 10.7. The fraction of sp³-hybridized carbons (Fsp3) is 0.312. The quantitative estimate of drug-likeness (QED) is 0.749. The Hall–Kier alpha value is -1.63. The molecule has 6 heteroatoms. The predicted octanol–water partition coefficient (Wildman–Crippen LogP) is 3.59. The first kappa shape index (κ1) is 15.3. The van der Waals surface area contributed by atoms with Gasteiger partial charge in [0.05, 0.1) is 5.69 Å². The van der Waals surface area contributed by atoms with Gasteiger partial charge >= 0.3 is 0 Å². The third-order valence-corrected chi connectivity index (χ3v) is 5.09. The van der Waals surface area contributed by atoms with E-state index in [0.29, 0.717) is 5.11 Å². The highest BCUT2D eigenvalue weighted by atomic mass is 32.1. The fourth-order valence-electron chi connectivity index (χ4n) is 2.67. The van der Waals surface area contributed by atoms with Crippen LogP contribution < -0.4 is 16.0 Å². The second-order valence-electron chi connectivity index (χ2n) is 5.39. The van der Waals surface area contributed by atoms with Gasteiger partial charge in [-0.1, -0.05) is 18.2 Å². The van der Waals surface area contributed by atoms with Gasteiger partial charge in [0.1, 0.15) is 5.00 Å². The molecule has 116 valence electrons. The van der Waals surface area contributed by atoms with Crippen LogP contribution in [-0.2, 0) is 13.0 Å². The van der Waals surface area contributed by atoms with Crippen molar-refractivity contribution in [1.82, 2.24) is 4.90 Å². The number of para-hydroxylation sites is 1. The Morgan fingerprint density at radius 1 is 1.23 bits per heavy atom. The van der Waals surface area contributed by atoms with E-state index in [1.54, 1.807) is 11.3 Å². The van der Waals surface area contributed by atoms with Gasteiger partial charge < -0.3 is 20.9 Å². The number of thiocarbonyl (C=S) groups is 1. The minimum Gasteiger partial charge on any atom is -0.385 e. The Kier molecular flexibility index (Phi) is 4.61. The summed E-state index contributed by atoms with van der Waals surface area (Å²) >= 11 is 7.22. The summed E-state index contributed by atoms with van der Waals surface area (Å²) in [5, 5.41) is 11.6. The Morgan fingerprint density at radius 3 is 2.73 bits per heavy atom. The smallest absolute Gasteiger partial charge is 0.175 e. The monoisotopic (exact) mass is 332 g/mol. The molecule has 1 aliphatic heterocycles. The highest BCUT2D eigenvalue weighted by Crippen LogP contribution is 2.40. The molecule has 2 aromatic rings. The molecule has 0 aliphatic carbocycles. The van der Waals surface area contributed by atoms with Crippen LogP contribution in [0.5, 0.6) is 0 Å². The Bertz CT molecular complexity index is 666. The van der Waals surface area contributed by atoms with Crippen molar-refractivity contribution in [3.63, 3.8) is 0 Å². The SMILES string of the molecule is CNc1c(NC(=S)Nc2ccccc2)sc2c1CCN(C)C2. The summed E-state index contributed by atoms with van der Waals surface area (Å²) in [7, 11) is 4.13. The number of likely N-dealkylation sites (N-methyl/N-ethyl adjacent to an activating group) is 1. The summed E-state index contributed by atoms with van der Waals surface area (Å²) in [6, 6.07) is 9.97. The van der Waals surface area contributed by atoms with Crippen LogP contribution in [0.2, 0.25) is 0 Å². The molecule has 3 rings (SSSR count). The van der Waals surface area contributed by atoms with E-state index in [1.807, 2.05) is 37.4 Å². The number of hydrogen-bond acceptors (Lipinski definition) is 4. The normalized spacial score (nSPS) is 14.3. The molecule has 2 heterocycles. The summed E-state index contributed by atoms with van der Waals surface area (Å²) in [5.74, 6) is 0. The van der Waals surface area contributed by atoms with E-state index in [9.17, 15) is 0 Å². The zero-order valence-electron chi connectivity index (χ0n) is 12.8. The van der Waals surface area contributed by atoms with Crippen molar-refractivity contribution in [2.45, 2.75) is 13.0 Å². The van der Waals surface area contributed by atoms with Crippen molar-refractivity contribution >= 4 is 45.0 Å². The number of benzene rings is 1. The molecule has 0 bridgehead atoms. The average molecular weight is 332 g/mol. The van der Waals surface area contributed by atoms with E-state index < -0.39 is 0 Å². The maximum absolute atomic E-state index is 5.44. The van der Waals surface area contributed by atoms with Crippen molar-refractivity contribution in [3.8, 4) is 0 Å². The minimum absolute atomic E-state index is 0.620. The van der Waals surface area contributed by atoms with E-state index in [4.69, 9.17) is 12.2 Å². The lowest BCUT2D eigenvalue weighted by Gasteiger charge is -2.22. The lowest BCUT2D eigenvalue weighted by Crippen LogP contribution is -2.25. The largest absolute Gasteiger partial charge is 0.385 e. The molecular weight excluding hydrogens is 312 g/mol. The zero-order chi connectivity index (χ0) is 15.5. The molecule has 1 aliphatic rings. The van der Waals surface area contributed by atoms with Crippen molar-refractivity contribution < 1.29 is 0 Å². The molecule has 1 aromatic heterocycles. The van der Waals surface area contributed by atoms with Gasteiger partial charge in [0.15, 0.2) is 5.11 Å². The van der Waals surface area contributed by atoms with E-state index >= 15 is 0 Å². The van der Waals surface area contributed by atoms with Crippen LogP contribution in [0.25, 0.3) is 0 Å². The average Bonchev–Trinajstić information content (AvgIpc) is 2.84. The van der Waals surface area contributed by atoms with Crippen molar-refractivity contribution in [3.05, 3.63) is 40.8 Å². The summed E-state index contributed by atoms with van der Waals surface area (Å²) in [6.45, 7) is 2.11. The van der Waals surface area contributed by atoms with Crippen LogP contribution in [0.15, 0.2) is 30.3 Å². The highest BCUT2D eigenvalue weighted by molar-refractivity contribution is 7.80. The number of thiophene rings is 1. The van der Waals surface area contributed by atoms with Gasteiger partial charge in [-0.15, -0.1) is 11.3 Å². The molecule has 0 amide bonds. The summed E-state index contributed by atoms with van der Waals surface area (Å²) in [5.41, 5.74) is 3.60. The third kappa shape index (κ3) is 3.24. The van der Waals surface area contributed by atoms with Crippen LogP contribution in [-0.4, -0.2) is 30.7 Å². The zero-order valence-corrected chi connectivity index (χ0v) is 14.4. The van der Waals surface area contributed by atoms with Gasteiger partial charge in [0.2, 0.25) is 0 Å². The first-order valence-corrected chi connectivity index (χ1v) is 8.53. The van der Waals surface area contributed by atoms with Crippen molar-refractivity contribution in [2.24, 2.45) is 0 Å². The van der Waals surface area contributed by atoms with Crippen LogP contribution in [0, 0.1) is 0 Å². The van der Waals surface area contributed by atoms with Crippen LogP contribution in [0.1, 0.15) is 10.4 Å². The van der Waals surface area contributed by atoms with Gasteiger partial charge in [-0.3, -0.25) is 0 Å². The number of anilines is 3. The van der Waals surface area contributed by atoms with Crippen LogP contribution in [0.4, 0.5) is 16.4 Å². The van der Waals surface area contributed by atoms with Gasteiger partial charge in [0.25, 0.3) is 0 Å². The molecule has 0 saturated heterocycles. The summed E-state index contributed by atoms with van der Waals surface area (Å²) in [6.07, 6.45) is 1.08.